The molecule has 0 aliphatic carbocycles. The molecule has 144 valence electrons. The van der Waals surface area contributed by atoms with Gasteiger partial charge >= 0.3 is 0 Å². The highest BCUT2D eigenvalue weighted by molar-refractivity contribution is 5.64. The monoisotopic (exact) mass is 380 g/mol. The van der Waals surface area contributed by atoms with Crippen molar-refractivity contribution in [2.45, 2.75) is 19.8 Å². The molecular weight excluding hydrogens is 356 g/mol. The van der Waals surface area contributed by atoms with Crippen LogP contribution in [0.4, 0.5) is 0 Å². The zero-order valence-electron chi connectivity index (χ0n) is 16.6. The number of aryl methyl sites for hydroxylation is 2. The lowest BCUT2D eigenvalue weighted by molar-refractivity contribution is 0.470. The molecule has 0 saturated heterocycles. The number of aromatic hydroxyl groups is 2. The number of rotatable bonds is 4. The molecule has 4 aromatic carbocycles. The van der Waals surface area contributed by atoms with E-state index in [2.05, 4.69) is 36.4 Å². The van der Waals surface area contributed by atoms with E-state index in [0.717, 1.165) is 22.3 Å². The molecule has 0 bridgehead atoms. The second-order valence-electron chi connectivity index (χ2n) is 7.51. The zero-order valence-corrected chi connectivity index (χ0v) is 16.6. The number of phenolic OH excluding ortho intramolecular Hbond substituents is 2. The van der Waals surface area contributed by atoms with Crippen LogP contribution < -0.4 is 0 Å². The van der Waals surface area contributed by atoms with Crippen molar-refractivity contribution in [3.63, 3.8) is 0 Å². The Morgan fingerprint density at radius 3 is 1.45 bits per heavy atom. The van der Waals surface area contributed by atoms with Crippen molar-refractivity contribution < 1.29 is 10.2 Å². The average molecular weight is 380 g/mol. The Kier molecular flexibility index (Phi) is 5.09. The van der Waals surface area contributed by atoms with Crippen molar-refractivity contribution in [2.24, 2.45) is 0 Å². The first-order valence-corrected chi connectivity index (χ1v) is 9.77. The van der Waals surface area contributed by atoms with E-state index in [0.29, 0.717) is 11.5 Å². The van der Waals surface area contributed by atoms with E-state index >= 15 is 0 Å². The Morgan fingerprint density at radius 1 is 0.517 bits per heavy atom. The highest BCUT2D eigenvalue weighted by Gasteiger charge is 2.18. The summed E-state index contributed by atoms with van der Waals surface area (Å²) in [6, 6.07) is 30.5. The summed E-state index contributed by atoms with van der Waals surface area (Å²) in [6.45, 7) is 3.83. The predicted octanol–water partition coefficient (Wildman–Crippen LogP) is 6.56. The minimum atomic E-state index is 0.0124. The van der Waals surface area contributed by atoms with Gasteiger partial charge in [-0.05, 0) is 64.9 Å². The van der Waals surface area contributed by atoms with Crippen molar-refractivity contribution >= 4 is 0 Å². The Morgan fingerprint density at radius 2 is 0.966 bits per heavy atom. The van der Waals surface area contributed by atoms with Crippen LogP contribution in [0.25, 0.3) is 11.1 Å². The molecule has 0 unspecified atom stereocenters. The molecule has 0 aliphatic rings. The summed E-state index contributed by atoms with van der Waals surface area (Å²) in [5, 5.41) is 20.0. The fourth-order valence-corrected chi connectivity index (χ4v) is 3.79. The Bertz CT molecular complexity index is 1080. The molecule has 0 atom stereocenters. The van der Waals surface area contributed by atoms with Gasteiger partial charge in [-0.1, -0.05) is 78.9 Å². The van der Waals surface area contributed by atoms with Crippen molar-refractivity contribution in [3.8, 4) is 22.6 Å². The first-order chi connectivity index (χ1) is 14.0. The second kappa shape index (κ2) is 7.84. The van der Waals surface area contributed by atoms with Crippen molar-refractivity contribution in [1.82, 2.24) is 0 Å². The second-order valence-corrected chi connectivity index (χ2v) is 7.51. The van der Waals surface area contributed by atoms with Gasteiger partial charge in [0.05, 0.1) is 0 Å². The molecule has 0 amide bonds. The summed E-state index contributed by atoms with van der Waals surface area (Å²) in [5.41, 5.74) is 7.46. The maximum atomic E-state index is 9.98. The summed E-state index contributed by atoms with van der Waals surface area (Å²) in [7, 11) is 0. The molecule has 4 rings (SSSR count). The standard InChI is InChI=1S/C27H24O2/c1-18-16-23(12-14-25(18)28)27(24-13-15-26(29)19(2)17-24)22-10-8-21(9-11-22)20-6-4-3-5-7-20/h3-17,27-29H,1-2H3. The molecule has 0 radical (unpaired) electrons. The molecule has 0 aromatic heterocycles. The molecule has 4 aromatic rings. The zero-order chi connectivity index (χ0) is 20.4. The van der Waals surface area contributed by atoms with E-state index in [9.17, 15) is 10.2 Å². The van der Waals surface area contributed by atoms with Gasteiger partial charge in [-0.25, -0.2) is 0 Å². The fraction of sp³-hybridized carbons (Fsp3) is 0.111. The van der Waals surface area contributed by atoms with Crippen LogP contribution in [0.1, 0.15) is 33.7 Å². The maximum Gasteiger partial charge on any atom is 0.118 e. The summed E-state index contributed by atoms with van der Waals surface area (Å²) < 4.78 is 0. The molecular formula is C27H24O2. The first kappa shape index (κ1) is 18.8. The van der Waals surface area contributed by atoms with Crippen molar-refractivity contribution in [3.05, 3.63) is 119 Å². The Balaban J connectivity index is 1.81. The number of phenols is 2. The molecule has 29 heavy (non-hydrogen) atoms. The van der Waals surface area contributed by atoms with Crippen molar-refractivity contribution in [2.75, 3.05) is 0 Å². The van der Waals surface area contributed by atoms with Crippen LogP contribution in [0.3, 0.4) is 0 Å². The third-order valence-corrected chi connectivity index (χ3v) is 5.46. The van der Waals surface area contributed by atoms with Gasteiger partial charge in [0.15, 0.2) is 0 Å². The van der Waals surface area contributed by atoms with Crippen molar-refractivity contribution in [1.29, 1.82) is 0 Å². The molecule has 2 N–H and O–H groups in total. The van der Waals surface area contributed by atoms with E-state index in [1.165, 1.54) is 16.7 Å². The number of benzene rings is 4. The smallest absolute Gasteiger partial charge is 0.118 e. The highest BCUT2D eigenvalue weighted by Crippen LogP contribution is 2.36. The highest BCUT2D eigenvalue weighted by atomic mass is 16.3. The third kappa shape index (κ3) is 3.88. The van der Waals surface area contributed by atoms with Gasteiger partial charge in [-0.15, -0.1) is 0 Å². The SMILES string of the molecule is Cc1cc(C(c2ccc(-c3ccccc3)cc2)c2ccc(O)c(C)c2)ccc1O. The lowest BCUT2D eigenvalue weighted by Crippen LogP contribution is -2.04. The van der Waals surface area contributed by atoms with Gasteiger partial charge in [-0.3, -0.25) is 0 Å². The average Bonchev–Trinajstić information content (AvgIpc) is 2.74. The van der Waals surface area contributed by atoms with Gasteiger partial charge in [0.1, 0.15) is 11.5 Å². The van der Waals surface area contributed by atoms with Crippen LogP contribution in [0.2, 0.25) is 0 Å². The van der Waals surface area contributed by atoms with Crippen LogP contribution in [-0.2, 0) is 0 Å². The van der Waals surface area contributed by atoms with Crippen LogP contribution in [0, 0.1) is 13.8 Å². The molecule has 0 spiro atoms. The minimum absolute atomic E-state index is 0.0124. The van der Waals surface area contributed by atoms with Crippen LogP contribution in [0.5, 0.6) is 11.5 Å². The third-order valence-electron chi connectivity index (χ3n) is 5.46. The van der Waals surface area contributed by atoms with E-state index in [-0.39, 0.29) is 5.92 Å². The maximum absolute atomic E-state index is 9.98. The van der Waals surface area contributed by atoms with E-state index in [1.54, 1.807) is 12.1 Å². The largest absolute Gasteiger partial charge is 0.508 e. The quantitative estimate of drug-likeness (QED) is 0.394. The lowest BCUT2D eigenvalue weighted by Gasteiger charge is -2.21. The molecule has 2 nitrogen and oxygen atoms in total. The molecule has 0 heterocycles. The normalized spacial score (nSPS) is 11.0. The van der Waals surface area contributed by atoms with E-state index < -0.39 is 0 Å². The van der Waals surface area contributed by atoms with Gasteiger partial charge in [0, 0.05) is 5.92 Å². The summed E-state index contributed by atoms with van der Waals surface area (Å²) >= 11 is 0. The van der Waals surface area contributed by atoms with E-state index in [1.807, 2.05) is 56.3 Å². The van der Waals surface area contributed by atoms with Crippen LogP contribution in [-0.4, -0.2) is 10.2 Å². The fourth-order valence-electron chi connectivity index (χ4n) is 3.79. The van der Waals surface area contributed by atoms with Crippen LogP contribution >= 0.6 is 0 Å². The number of hydrogen-bond acceptors (Lipinski definition) is 2. The predicted molar refractivity (Wildman–Crippen MR) is 119 cm³/mol. The molecule has 0 aliphatic heterocycles. The molecule has 0 saturated carbocycles. The van der Waals surface area contributed by atoms with Gasteiger partial charge in [0.2, 0.25) is 0 Å². The van der Waals surface area contributed by atoms with E-state index in [4.69, 9.17) is 0 Å². The minimum Gasteiger partial charge on any atom is -0.508 e. The summed E-state index contributed by atoms with van der Waals surface area (Å²) in [6.07, 6.45) is 0. The van der Waals surface area contributed by atoms with Crippen LogP contribution in [0.15, 0.2) is 91.0 Å². The first-order valence-electron chi connectivity index (χ1n) is 9.77. The summed E-state index contributed by atoms with van der Waals surface area (Å²) in [5.74, 6) is 0.612. The van der Waals surface area contributed by atoms with Gasteiger partial charge in [0.25, 0.3) is 0 Å². The lowest BCUT2D eigenvalue weighted by atomic mass is 9.83. The van der Waals surface area contributed by atoms with Gasteiger partial charge in [-0.2, -0.15) is 0 Å². The Hall–Kier alpha value is -3.52. The topological polar surface area (TPSA) is 40.5 Å². The summed E-state index contributed by atoms with van der Waals surface area (Å²) in [4.78, 5) is 0. The van der Waals surface area contributed by atoms with Gasteiger partial charge < -0.3 is 10.2 Å². The molecule has 2 heteroatoms. The Labute approximate surface area is 171 Å². The molecule has 0 fully saturated rings. The number of hydrogen-bond donors (Lipinski definition) is 2.